The van der Waals surface area contributed by atoms with Crippen molar-refractivity contribution in [3.8, 4) is 0 Å². The lowest BCUT2D eigenvalue weighted by Crippen LogP contribution is -2.22. The fourth-order valence-corrected chi connectivity index (χ4v) is 5.02. The van der Waals surface area contributed by atoms with Gasteiger partial charge in [0.05, 0.1) is 9.75 Å². The van der Waals surface area contributed by atoms with Crippen molar-refractivity contribution in [1.82, 2.24) is 0 Å². The van der Waals surface area contributed by atoms with Crippen molar-refractivity contribution in [2.75, 3.05) is 0 Å². The van der Waals surface area contributed by atoms with E-state index in [4.69, 9.17) is 23.2 Å². The maximum atomic E-state index is 7.04. The van der Waals surface area contributed by atoms with E-state index in [1.54, 1.807) is 0 Å². The molecule has 2 atom stereocenters. The van der Waals surface area contributed by atoms with Gasteiger partial charge in [-0.2, -0.15) is 0 Å². The smallest absolute Gasteiger partial charge is 0.0887 e. The first kappa shape index (κ1) is 16.0. The molecule has 4 rings (SSSR count). The lowest BCUT2D eigenvalue weighted by Gasteiger charge is -2.29. The van der Waals surface area contributed by atoms with E-state index in [0.29, 0.717) is 0 Å². The molecule has 2 aromatic rings. The van der Waals surface area contributed by atoms with E-state index in [1.807, 2.05) is 0 Å². The van der Waals surface area contributed by atoms with Crippen LogP contribution in [0.25, 0.3) is 12.2 Å². The third kappa shape index (κ3) is 2.36. The summed E-state index contributed by atoms with van der Waals surface area (Å²) in [5.74, 6) is 0. The minimum absolute atomic E-state index is 0.457. The number of fused-ring (bicyclic) bond motifs is 2. The second-order valence-corrected chi connectivity index (χ2v) is 8.32. The van der Waals surface area contributed by atoms with Gasteiger partial charge in [-0.1, -0.05) is 60.7 Å². The molecule has 2 aliphatic carbocycles. The number of allylic oxidation sites excluding steroid dienone is 2. The largest absolute Gasteiger partial charge is 0.109 e. The van der Waals surface area contributed by atoms with Crippen molar-refractivity contribution in [3.05, 3.63) is 81.9 Å². The van der Waals surface area contributed by atoms with E-state index in [-0.39, 0.29) is 0 Å². The Labute approximate surface area is 153 Å². The maximum absolute atomic E-state index is 7.04. The second kappa shape index (κ2) is 5.51. The summed E-state index contributed by atoms with van der Waals surface area (Å²) >= 11 is 14.1. The molecule has 2 aromatic carbocycles. The summed E-state index contributed by atoms with van der Waals surface area (Å²) in [6, 6.07) is 12.7. The second-order valence-electron chi connectivity index (χ2n) is 6.97. The van der Waals surface area contributed by atoms with E-state index >= 15 is 0 Å². The molecule has 0 heterocycles. The van der Waals surface area contributed by atoms with E-state index in [1.165, 1.54) is 33.4 Å². The number of rotatable bonds is 3. The molecular weight excluding hydrogens is 335 g/mol. The molecule has 24 heavy (non-hydrogen) atoms. The molecule has 0 aromatic heterocycles. The van der Waals surface area contributed by atoms with Crippen molar-refractivity contribution in [1.29, 1.82) is 0 Å². The standard InChI is InChI=1S/C22H20Cl2/c1-15-5-3-7-17-9-11-21(23,19(15)17)13-14-22(24)12-10-18-8-4-6-16(2)20(18)22/h3-12H,13-14H2,1-2H3. The average Bonchev–Trinajstić information content (AvgIpc) is 3.07. The van der Waals surface area contributed by atoms with Crippen LogP contribution in [0.3, 0.4) is 0 Å². The Kier molecular flexibility index (Phi) is 3.67. The molecule has 0 fully saturated rings. The maximum Gasteiger partial charge on any atom is 0.0887 e. The SMILES string of the molecule is Cc1cccc2c1C(Cl)(CCC1(Cl)C=Cc3cccc(C)c31)C=C2. The Morgan fingerprint density at radius 1 is 0.708 bits per heavy atom. The van der Waals surface area contributed by atoms with Gasteiger partial charge in [0.25, 0.3) is 0 Å². The predicted octanol–water partition coefficient (Wildman–Crippen LogP) is 6.71. The molecule has 0 amide bonds. The summed E-state index contributed by atoms with van der Waals surface area (Å²) in [7, 11) is 0. The number of alkyl halides is 2. The molecule has 2 heteroatoms. The normalized spacial score (nSPS) is 26.7. The number of hydrogen-bond donors (Lipinski definition) is 0. The van der Waals surface area contributed by atoms with Crippen LogP contribution in [0.15, 0.2) is 48.6 Å². The molecule has 0 bridgehead atoms. The zero-order chi connectivity index (χ0) is 16.9. The monoisotopic (exact) mass is 354 g/mol. The number of halogens is 2. The lowest BCUT2D eigenvalue weighted by atomic mass is 9.85. The molecule has 2 unspecified atom stereocenters. The lowest BCUT2D eigenvalue weighted by molar-refractivity contribution is 0.563. The van der Waals surface area contributed by atoms with Crippen LogP contribution in [0.1, 0.15) is 46.2 Å². The molecule has 122 valence electrons. The highest BCUT2D eigenvalue weighted by atomic mass is 35.5. The van der Waals surface area contributed by atoms with E-state index in [2.05, 4.69) is 74.5 Å². The Balaban J connectivity index is 1.65. The third-order valence-corrected chi connectivity index (χ3v) is 6.36. The summed E-state index contributed by atoms with van der Waals surface area (Å²) in [5, 5.41) is 0. The van der Waals surface area contributed by atoms with Crippen molar-refractivity contribution in [2.45, 2.75) is 36.4 Å². The molecule has 2 aliphatic rings. The summed E-state index contributed by atoms with van der Waals surface area (Å²) in [5.41, 5.74) is 7.42. The first-order chi connectivity index (χ1) is 11.4. The van der Waals surface area contributed by atoms with Crippen LogP contribution < -0.4 is 0 Å². The molecule has 0 radical (unpaired) electrons. The average molecular weight is 355 g/mol. The molecule has 0 aliphatic heterocycles. The predicted molar refractivity (Wildman–Crippen MR) is 105 cm³/mol. The summed E-state index contributed by atoms with van der Waals surface area (Å²) in [4.78, 5) is -0.913. The summed E-state index contributed by atoms with van der Waals surface area (Å²) in [6.07, 6.45) is 10.2. The van der Waals surface area contributed by atoms with Crippen LogP contribution in [0.4, 0.5) is 0 Å². The van der Waals surface area contributed by atoms with E-state index < -0.39 is 9.75 Å². The minimum atomic E-state index is -0.457. The highest BCUT2D eigenvalue weighted by molar-refractivity contribution is 6.28. The van der Waals surface area contributed by atoms with Crippen LogP contribution >= 0.6 is 23.2 Å². The Hall–Kier alpha value is -1.50. The van der Waals surface area contributed by atoms with Crippen molar-refractivity contribution >= 4 is 35.4 Å². The quantitative estimate of drug-likeness (QED) is 0.537. The van der Waals surface area contributed by atoms with Gasteiger partial charge in [0.1, 0.15) is 0 Å². The van der Waals surface area contributed by atoms with Crippen LogP contribution in [0, 0.1) is 13.8 Å². The molecular formula is C22H20Cl2. The third-order valence-electron chi connectivity index (χ3n) is 5.35. The molecule has 0 saturated carbocycles. The topological polar surface area (TPSA) is 0 Å². The van der Waals surface area contributed by atoms with Gasteiger partial charge in [-0.15, -0.1) is 23.2 Å². The molecule has 0 N–H and O–H groups in total. The van der Waals surface area contributed by atoms with Crippen LogP contribution in [0.2, 0.25) is 0 Å². The molecule has 0 saturated heterocycles. The summed E-state index contributed by atoms with van der Waals surface area (Å²) in [6.45, 7) is 4.27. The molecule has 0 spiro atoms. The molecule has 0 nitrogen and oxygen atoms in total. The van der Waals surface area contributed by atoms with Crippen molar-refractivity contribution in [3.63, 3.8) is 0 Å². The van der Waals surface area contributed by atoms with Gasteiger partial charge in [-0.05, 0) is 60.1 Å². The van der Waals surface area contributed by atoms with Crippen molar-refractivity contribution < 1.29 is 0 Å². The zero-order valence-electron chi connectivity index (χ0n) is 13.9. The fraction of sp³-hybridized carbons (Fsp3) is 0.273. The summed E-state index contributed by atoms with van der Waals surface area (Å²) < 4.78 is 0. The fourth-order valence-electron chi connectivity index (χ4n) is 4.19. The Morgan fingerprint density at radius 2 is 1.12 bits per heavy atom. The number of benzene rings is 2. The first-order valence-corrected chi connectivity index (χ1v) is 9.15. The minimum Gasteiger partial charge on any atom is -0.109 e. The van der Waals surface area contributed by atoms with Crippen molar-refractivity contribution in [2.24, 2.45) is 0 Å². The first-order valence-electron chi connectivity index (χ1n) is 8.39. The van der Waals surface area contributed by atoms with Gasteiger partial charge in [-0.3, -0.25) is 0 Å². The van der Waals surface area contributed by atoms with Gasteiger partial charge in [0, 0.05) is 0 Å². The highest BCUT2D eigenvalue weighted by Gasteiger charge is 2.39. The number of hydrogen-bond acceptors (Lipinski definition) is 0. The number of aryl methyl sites for hydroxylation is 2. The highest BCUT2D eigenvalue weighted by Crippen LogP contribution is 2.50. The van der Waals surface area contributed by atoms with E-state index in [0.717, 1.165) is 12.8 Å². The van der Waals surface area contributed by atoms with Gasteiger partial charge in [0.2, 0.25) is 0 Å². The van der Waals surface area contributed by atoms with E-state index in [9.17, 15) is 0 Å². The van der Waals surface area contributed by atoms with Crippen LogP contribution in [-0.4, -0.2) is 0 Å². The Morgan fingerprint density at radius 3 is 1.54 bits per heavy atom. The van der Waals surface area contributed by atoms with Gasteiger partial charge < -0.3 is 0 Å². The van der Waals surface area contributed by atoms with Gasteiger partial charge >= 0.3 is 0 Å². The van der Waals surface area contributed by atoms with Crippen LogP contribution in [0.5, 0.6) is 0 Å². The van der Waals surface area contributed by atoms with Gasteiger partial charge in [-0.25, -0.2) is 0 Å². The Bertz CT molecular complexity index is 804. The zero-order valence-corrected chi connectivity index (χ0v) is 15.5. The van der Waals surface area contributed by atoms with Crippen LogP contribution in [-0.2, 0) is 9.75 Å². The van der Waals surface area contributed by atoms with Gasteiger partial charge in [0.15, 0.2) is 0 Å².